The molecule has 18 heavy (non-hydrogen) atoms. The number of rotatable bonds is 6. The molecule has 0 amide bonds. The third-order valence-electron chi connectivity index (χ3n) is 3.61. The first-order valence-corrected chi connectivity index (χ1v) is 7.77. The van der Waals surface area contributed by atoms with Crippen molar-refractivity contribution in [3.63, 3.8) is 0 Å². The number of hydrogen-bond donors (Lipinski definition) is 1. The summed E-state index contributed by atoms with van der Waals surface area (Å²) in [4.78, 5) is 0. The van der Waals surface area contributed by atoms with Crippen molar-refractivity contribution in [1.82, 2.24) is 8.61 Å². The number of ether oxygens (including phenoxy) is 1. The molecule has 2 unspecified atom stereocenters. The van der Waals surface area contributed by atoms with Gasteiger partial charge in [-0.05, 0) is 18.8 Å². The molecule has 6 nitrogen and oxygen atoms in total. The molecule has 1 aliphatic heterocycles. The summed E-state index contributed by atoms with van der Waals surface area (Å²) in [5, 5.41) is 0. The summed E-state index contributed by atoms with van der Waals surface area (Å²) in [6, 6.07) is -0.0891. The van der Waals surface area contributed by atoms with E-state index >= 15 is 0 Å². The molecule has 0 spiro atoms. The van der Waals surface area contributed by atoms with Crippen molar-refractivity contribution in [3.8, 4) is 0 Å². The third kappa shape index (κ3) is 3.42. The number of piperidine rings is 1. The van der Waals surface area contributed by atoms with Crippen LogP contribution >= 0.6 is 0 Å². The molecule has 1 saturated heterocycles. The molecule has 0 aliphatic carbocycles. The molecule has 0 saturated carbocycles. The fourth-order valence-electron chi connectivity index (χ4n) is 2.36. The molecule has 0 bridgehead atoms. The maximum Gasteiger partial charge on any atom is 0.282 e. The van der Waals surface area contributed by atoms with E-state index in [1.807, 2.05) is 0 Å². The van der Waals surface area contributed by atoms with E-state index in [-0.39, 0.29) is 6.04 Å². The summed E-state index contributed by atoms with van der Waals surface area (Å²) < 4.78 is 32.7. The van der Waals surface area contributed by atoms with E-state index in [0.717, 1.165) is 12.8 Å². The first-order valence-electron chi connectivity index (χ1n) is 6.37. The second kappa shape index (κ2) is 6.81. The zero-order valence-electron chi connectivity index (χ0n) is 11.5. The quantitative estimate of drug-likeness (QED) is 0.735. The Morgan fingerprint density at radius 1 is 1.50 bits per heavy atom. The van der Waals surface area contributed by atoms with E-state index < -0.39 is 10.2 Å². The van der Waals surface area contributed by atoms with Crippen molar-refractivity contribution < 1.29 is 13.2 Å². The highest BCUT2D eigenvalue weighted by atomic mass is 32.2. The van der Waals surface area contributed by atoms with Crippen molar-refractivity contribution in [1.29, 1.82) is 0 Å². The zero-order valence-corrected chi connectivity index (χ0v) is 12.3. The highest BCUT2D eigenvalue weighted by Gasteiger charge is 2.37. The predicted molar refractivity (Wildman–Crippen MR) is 71.4 cm³/mol. The Labute approximate surface area is 110 Å². The second-order valence-electron chi connectivity index (χ2n) is 4.86. The highest BCUT2D eigenvalue weighted by Crippen LogP contribution is 2.26. The summed E-state index contributed by atoms with van der Waals surface area (Å²) in [6.07, 6.45) is 1.94. The van der Waals surface area contributed by atoms with Gasteiger partial charge in [-0.2, -0.15) is 17.0 Å². The fourth-order valence-corrected chi connectivity index (χ4v) is 4.02. The van der Waals surface area contributed by atoms with Crippen LogP contribution in [0.3, 0.4) is 0 Å². The molecule has 2 atom stereocenters. The van der Waals surface area contributed by atoms with E-state index in [1.165, 1.54) is 4.31 Å². The lowest BCUT2D eigenvalue weighted by atomic mass is 9.93. The smallest absolute Gasteiger partial charge is 0.282 e. The number of methoxy groups -OCH3 is 1. The minimum absolute atomic E-state index is 0.0891. The minimum atomic E-state index is -3.42. The van der Waals surface area contributed by atoms with Crippen molar-refractivity contribution in [2.24, 2.45) is 11.7 Å². The van der Waals surface area contributed by atoms with E-state index in [2.05, 4.69) is 6.92 Å². The van der Waals surface area contributed by atoms with Gasteiger partial charge in [0.25, 0.3) is 10.2 Å². The lowest BCUT2D eigenvalue weighted by Crippen LogP contribution is -2.55. The Morgan fingerprint density at radius 2 is 2.17 bits per heavy atom. The molecule has 1 aliphatic rings. The van der Waals surface area contributed by atoms with Gasteiger partial charge in [0, 0.05) is 39.8 Å². The number of nitrogens with zero attached hydrogens (tertiary/aromatic N) is 2. The third-order valence-corrected chi connectivity index (χ3v) is 5.62. The Morgan fingerprint density at radius 3 is 2.72 bits per heavy atom. The van der Waals surface area contributed by atoms with Crippen LogP contribution in [0.1, 0.15) is 19.8 Å². The second-order valence-corrected chi connectivity index (χ2v) is 6.84. The van der Waals surface area contributed by atoms with E-state index in [9.17, 15) is 8.42 Å². The Kier molecular flexibility index (Phi) is 6.00. The van der Waals surface area contributed by atoms with Crippen LogP contribution in [0.5, 0.6) is 0 Å². The zero-order chi connectivity index (χ0) is 13.8. The van der Waals surface area contributed by atoms with Crippen molar-refractivity contribution in [3.05, 3.63) is 0 Å². The van der Waals surface area contributed by atoms with Gasteiger partial charge in [-0.3, -0.25) is 0 Å². The number of hydrogen-bond acceptors (Lipinski definition) is 4. The first-order chi connectivity index (χ1) is 8.45. The molecule has 0 aromatic heterocycles. The van der Waals surface area contributed by atoms with Crippen LogP contribution in [-0.2, 0) is 14.9 Å². The molecule has 0 radical (unpaired) electrons. The Hall–Kier alpha value is -0.210. The van der Waals surface area contributed by atoms with Crippen LogP contribution in [0.4, 0.5) is 0 Å². The normalized spacial score (nSPS) is 26.7. The van der Waals surface area contributed by atoms with Crippen LogP contribution in [0.15, 0.2) is 0 Å². The first kappa shape index (κ1) is 15.8. The van der Waals surface area contributed by atoms with Crippen LogP contribution < -0.4 is 5.73 Å². The number of likely N-dealkylation sites (N-methyl/N-ethyl adjacent to an activating group) is 1. The largest absolute Gasteiger partial charge is 0.383 e. The molecule has 7 heteroatoms. The van der Waals surface area contributed by atoms with Crippen LogP contribution in [0.2, 0.25) is 0 Å². The van der Waals surface area contributed by atoms with Gasteiger partial charge in [-0.25, -0.2) is 0 Å². The maximum absolute atomic E-state index is 12.4. The van der Waals surface area contributed by atoms with Crippen molar-refractivity contribution >= 4 is 10.2 Å². The topological polar surface area (TPSA) is 75.9 Å². The van der Waals surface area contributed by atoms with Crippen LogP contribution in [0.25, 0.3) is 0 Å². The van der Waals surface area contributed by atoms with Gasteiger partial charge >= 0.3 is 0 Å². The summed E-state index contributed by atoms with van der Waals surface area (Å²) in [5.41, 5.74) is 5.73. The minimum Gasteiger partial charge on any atom is -0.383 e. The standard InChI is InChI=1S/C11H25N3O3S/c1-10-5-4-6-14(11(10)9-12)18(15,16)13(2)7-8-17-3/h10-11H,4-9,12H2,1-3H3. The van der Waals surface area contributed by atoms with Gasteiger partial charge in [0.05, 0.1) is 6.61 Å². The van der Waals surface area contributed by atoms with Gasteiger partial charge in [-0.1, -0.05) is 6.92 Å². The highest BCUT2D eigenvalue weighted by molar-refractivity contribution is 7.86. The van der Waals surface area contributed by atoms with Gasteiger partial charge in [0.1, 0.15) is 0 Å². The van der Waals surface area contributed by atoms with Gasteiger partial charge < -0.3 is 10.5 Å². The molecule has 2 N–H and O–H groups in total. The van der Waals surface area contributed by atoms with Gasteiger partial charge in [0.15, 0.2) is 0 Å². The lowest BCUT2D eigenvalue weighted by Gasteiger charge is -2.40. The molecule has 1 heterocycles. The molecule has 1 rings (SSSR count). The van der Waals surface area contributed by atoms with Crippen LogP contribution in [-0.4, -0.2) is 63.5 Å². The summed E-state index contributed by atoms with van der Waals surface area (Å²) in [5.74, 6) is 0.314. The van der Waals surface area contributed by atoms with Crippen molar-refractivity contribution in [2.45, 2.75) is 25.8 Å². The predicted octanol–water partition coefficient (Wildman–Crippen LogP) is -0.131. The van der Waals surface area contributed by atoms with Gasteiger partial charge in [-0.15, -0.1) is 0 Å². The fraction of sp³-hybridized carbons (Fsp3) is 1.00. The van der Waals surface area contributed by atoms with E-state index in [0.29, 0.717) is 32.2 Å². The van der Waals surface area contributed by atoms with Crippen LogP contribution in [0, 0.1) is 5.92 Å². The summed E-state index contributed by atoms with van der Waals surface area (Å²) in [7, 11) is -0.276. The summed E-state index contributed by atoms with van der Waals surface area (Å²) in [6.45, 7) is 3.76. The molecule has 0 aromatic rings. The molecule has 1 fully saturated rings. The van der Waals surface area contributed by atoms with Crippen molar-refractivity contribution in [2.75, 3.05) is 40.4 Å². The molecule has 0 aromatic carbocycles. The average Bonchev–Trinajstić information content (AvgIpc) is 2.35. The number of nitrogens with two attached hydrogens (primary N) is 1. The average molecular weight is 279 g/mol. The maximum atomic E-state index is 12.4. The SMILES string of the molecule is COCCN(C)S(=O)(=O)N1CCCC(C)C1CN. The monoisotopic (exact) mass is 279 g/mol. The summed E-state index contributed by atoms with van der Waals surface area (Å²) >= 11 is 0. The molecular weight excluding hydrogens is 254 g/mol. The Balaban J connectivity index is 2.81. The van der Waals surface area contributed by atoms with Gasteiger partial charge in [0.2, 0.25) is 0 Å². The lowest BCUT2D eigenvalue weighted by molar-refractivity contribution is 0.164. The van der Waals surface area contributed by atoms with E-state index in [1.54, 1.807) is 18.5 Å². The Bertz CT molecular complexity index is 347. The van der Waals surface area contributed by atoms with E-state index in [4.69, 9.17) is 10.5 Å². The molecular formula is C11H25N3O3S. The molecule has 108 valence electrons.